The molecule has 0 aromatic heterocycles. The number of nitrogens with two attached hydrogens (primary N) is 3. The van der Waals surface area contributed by atoms with Gasteiger partial charge in [0.2, 0.25) is 53.2 Å². The number of guanidine groups is 1. The van der Waals surface area contributed by atoms with E-state index >= 15 is 0 Å². The fourth-order valence-corrected chi connectivity index (χ4v) is 8.35. The van der Waals surface area contributed by atoms with E-state index in [1.807, 2.05) is 0 Å². The van der Waals surface area contributed by atoms with Crippen LogP contribution in [0.2, 0.25) is 0 Å². The van der Waals surface area contributed by atoms with Crippen LogP contribution in [0.5, 0.6) is 0 Å². The molecule has 454 valence electrons. The monoisotopic (exact) mass is 1150 g/mol. The highest BCUT2D eigenvalue weighted by Crippen LogP contribution is 2.19. The molecule has 28 nitrogen and oxygen atoms in total. The molecule has 0 radical (unpaired) electrons. The third kappa shape index (κ3) is 22.5. The SMILES string of the molecule is CC[C@H](C)[C@@H]1NC(=O)[C@@H](CCCN=C(N)N)NC(=O)[C@H](CC(C)C)NC(=O)[C@H]([C@H](O)C(C)C)NC(=O)[C@@H](N)[C@@H](c2ccccc2)NC(=O)C(CO)NC(=O)[C@H](CCNC(=O)OCc2ccccc2)NC(=O)CNC(=O)[C@H]([C@H](C)O)NC1=O. The third-order valence-corrected chi connectivity index (χ3v) is 13.3. The highest BCUT2D eigenvalue weighted by Gasteiger charge is 2.40. The van der Waals surface area contributed by atoms with Gasteiger partial charge in [0.15, 0.2) is 5.96 Å². The van der Waals surface area contributed by atoms with Gasteiger partial charge in [0.1, 0.15) is 54.9 Å². The van der Waals surface area contributed by atoms with Gasteiger partial charge in [-0.05, 0) is 61.5 Å². The van der Waals surface area contributed by atoms with E-state index in [0.29, 0.717) is 5.56 Å². The lowest BCUT2D eigenvalue weighted by Crippen LogP contribution is -2.63. The van der Waals surface area contributed by atoms with Crippen LogP contribution in [0.25, 0.3) is 0 Å². The van der Waals surface area contributed by atoms with E-state index in [2.05, 4.69) is 58.2 Å². The van der Waals surface area contributed by atoms with Crippen molar-refractivity contribution in [2.45, 2.75) is 154 Å². The number of carbonyl (C=O) groups is 10. The van der Waals surface area contributed by atoms with Crippen molar-refractivity contribution in [3.8, 4) is 0 Å². The zero-order valence-electron chi connectivity index (χ0n) is 47.4. The Bertz CT molecular complexity index is 2480. The van der Waals surface area contributed by atoms with Crippen LogP contribution in [0.3, 0.4) is 0 Å². The number of ether oxygens (including phenoxy) is 1. The van der Waals surface area contributed by atoms with E-state index in [4.69, 9.17) is 21.9 Å². The average Bonchev–Trinajstić information content (AvgIpc) is 3.47. The summed E-state index contributed by atoms with van der Waals surface area (Å²) in [5, 5.41) is 57.7. The topological polar surface area (TPSA) is 451 Å². The predicted octanol–water partition coefficient (Wildman–Crippen LogP) is -3.45. The minimum atomic E-state index is -1.80. The van der Waals surface area contributed by atoms with Gasteiger partial charge in [-0.15, -0.1) is 0 Å². The number of aliphatic hydroxyl groups excluding tert-OH is 3. The van der Waals surface area contributed by atoms with Crippen LogP contribution in [-0.4, -0.2) is 167 Å². The van der Waals surface area contributed by atoms with E-state index in [0.717, 1.165) is 0 Å². The van der Waals surface area contributed by atoms with Crippen LogP contribution in [0.15, 0.2) is 65.7 Å². The maximum absolute atomic E-state index is 14.4. The number of alkyl carbamates (subject to hydrolysis) is 1. The molecule has 2 aromatic carbocycles. The fraction of sp³-hybridized carbons (Fsp3) is 0.574. The summed E-state index contributed by atoms with van der Waals surface area (Å²) in [6, 6.07) is 2.09. The van der Waals surface area contributed by atoms with Crippen LogP contribution in [0, 0.1) is 17.8 Å². The Hall–Kier alpha value is -7.95. The van der Waals surface area contributed by atoms with Crippen LogP contribution in [0.1, 0.15) is 97.7 Å². The summed E-state index contributed by atoms with van der Waals surface area (Å²) in [6.07, 6.45) is -4.23. The fourth-order valence-electron chi connectivity index (χ4n) is 8.35. The molecule has 3 rings (SSSR count). The number of aliphatic imine (C=N–C) groups is 1. The highest BCUT2D eigenvalue weighted by atomic mass is 16.5. The average molecular weight is 1150 g/mol. The van der Waals surface area contributed by atoms with Crippen LogP contribution in [0.4, 0.5) is 4.79 Å². The molecule has 1 saturated heterocycles. The van der Waals surface area contributed by atoms with Crippen molar-refractivity contribution in [3.63, 3.8) is 0 Å². The third-order valence-electron chi connectivity index (χ3n) is 13.3. The molecule has 0 aliphatic carbocycles. The summed E-state index contributed by atoms with van der Waals surface area (Å²) < 4.78 is 5.25. The summed E-state index contributed by atoms with van der Waals surface area (Å²) >= 11 is 0. The van der Waals surface area contributed by atoms with E-state index < -0.39 is 151 Å². The van der Waals surface area contributed by atoms with Gasteiger partial charge in [-0.3, -0.25) is 48.1 Å². The minimum absolute atomic E-state index is 0.0110. The van der Waals surface area contributed by atoms with E-state index in [-0.39, 0.29) is 69.2 Å². The Labute approximate surface area is 476 Å². The quantitative estimate of drug-likeness (QED) is 0.0392. The smallest absolute Gasteiger partial charge is 0.407 e. The number of rotatable bonds is 18. The second kappa shape index (κ2) is 34.4. The Balaban J connectivity index is 2.16. The van der Waals surface area contributed by atoms with Gasteiger partial charge in [0.25, 0.3) is 0 Å². The summed E-state index contributed by atoms with van der Waals surface area (Å²) in [5.41, 5.74) is 18.6. The van der Waals surface area contributed by atoms with E-state index in [9.17, 15) is 63.3 Å². The molecule has 0 bridgehead atoms. The van der Waals surface area contributed by atoms with Crippen LogP contribution < -0.4 is 70.4 Å². The Kier molecular flexibility index (Phi) is 28.6. The minimum Gasteiger partial charge on any atom is -0.445 e. The number of hydrogen-bond donors (Lipinski definition) is 16. The van der Waals surface area contributed by atoms with Gasteiger partial charge in [0, 0.05) is 13.1 Å². The van der Waals surface area contributed by atoms with E-state index in [1.165, 1.54) is 19.1 Å². The summed E-state index contributed by atoms with van der Waals surface area (Å²) in [6.45, 7) is 8.81. The first kappa shape index (κ1) is 68.3. The van der Waals surface area contributed by atoms with Crippen molar-refractivity contribution in [2.24, 2.45) is 39.9 Å². The zero-order valence-corrected chi connectivity index (χ0v) is 47.4. The van der Waals surface area contributed by atoms with E-state index in [1.54, 1.807) is 90.1 Å². The number of aliphatic hydroxyl groups is 3. The molecule has 1 aliphatic heterocycles. The molecule has 82 heavy (non-hydrogen) atoms. The second-order valence-electron chi connectivity index (χ2n) is 20.8. The standard InChI is InChI=1S/C54H84N14O14/c1-8-30(6)40-51(79)66-41(31(7)70)50(78)60-25-38(71)61-35(21-23-59-54(81)82-27-32-16-11-9-12-17-32)45(73)64-37(26-69)48(76)67-42(33-18-13-10-14-19-33)39(55)49(77)68-43(44(72)29(4)5)52(80)63-36(24-28(2)3)47(75)62-34(46(74)65-40)20-15-22-58-53(56)57/h9-14,16-19,28-31,34-37,39-44,69-70,72H,8,15,20-27,55H2,1-7H3,(H,59,81)(H,60,78)(H,61,71)(H,62,75)(H,63,80)(H,64,73)(H,65,74)(H,66,79)(H,67,76)(H,68,77)(H4,56,57,58)/t30-,31-,34+,35-,36-,37?,39-,40-,41-,42+,43-,44+/m0/s1. The zero-order chi connectivity index (χ0) is 61.2. The number of hydrogen-bond acceptors (Lipinski definition) is 16. The molecule has 1 unspecified atom stereocenters. The summed E-state index contributed by atoms with van der Waals surface area (Å²) in [7, 11) is 0. The molecule has 1 heterocycles. The molecule has 19 N–H and O–H groups in total. The molecule has 1 aliphatic rings. The first-order valence-corrected chi connectivity index (χ1v) is 27.2. The molecule has 28 heteroatoms. The lowest BCUT2D eigenvalue weighted by Gasteiger charge is -2.32. The van der Waals surface area contributed by atoms with Gasteiger partial charge < -0.3 is 90.4 Å². The molecule has 0 spiro atoms. The summed E-state index contributed by atoms with van der Waals surface area (Å²) in [5.74, 6) is -11.0. The number of amides is 10. The largest absolute Gasteiger partial charge is 0.445 e. The molecule has 0 saturated carbocycles. The normalized spacial score (nSPS) is 24.6. The lowest BCUT2D eigenvalue weighted by atomic mass is 9.95. The van der Waals surface area contributed by atoms with Crippen LogP contribution in [-0.2, 0) is 54.5 Å². The van der Waals surface area contributed by atoms with Crippen molar-refractivity contribution in [1.82, 2.24) is 53.2 Å². The molecule has 10 amide bonds. The van der Waals surface area contributed by atoms with Gasteiger partial charge in [-0.2, -0.15) is 0 Å². The van der Waals surface area contributed by atoms with Crippen molar-refractivity contribution in [1.29, 1.82) is 0 Å². The van der Waals surface area contributed by atoms with Crippen molar-refractivity contribution in [2.75, 3.05) is 26.2 Å². The molecule has 12 atom stereocenters. The lowest BCUT2D eigenvalue weighted by molar-refractivity contribution is -0.138. The number of nitrogens with one attached hydrogen (secondary N) is 10. The van der Waals surface area contributed by atoms with Crippen molar-refractivity contribution in [3.05, 3.63) is 71.8 Å². The summed E-state index contributed by atoms with van der Waals surface area (Å²) in [4.78, 5) is 144. The van der Waals surface area contributed by atoms with Crippen molar-refractivity contribution >= 4 is 65.2 Å². The molecule has 1 fully saturated rings. The maximum atomic E-state index is 14.4. The maximum Gasteiger partial charge on any atom is 0.407 e. The molecular weight excluding hydrogens is 1070 g/mol. The molecule has 2 aromatic rings. The second-order valence-corrected chi connectivity index (χ2v) is 20.8. The number of benzene rings is 2. The van der Waals surface area contributed by atoms with Crippen molar-refractivity contribution < 1.29 is 68.0 Å². The predicted molar refractivity (Wildman–Crippen MR) is 300 cm³/mol. The number of nitrogens with zero attached hydrogens (tertiary/aromatic N) is 1. The van der Waals surface area contributed by atoms with Gasteiger partial charge in [-0.25, -0.2) is 4.79 Å². The number of carbonyl (C=O) groups excluding carboxylic acids is 10. The van der Waals surface area contributed by atoms with Gasteiger partial charge in [0.05, 0.1) is 31.4 Å². The molecular formula is C54H84N14O14. The Morgan fingerprint density at radius 3 is 1.78 bits per heavy atom. The van der Waals surface area contributed by atoms with Crippen LogP contribution >= 0.6 is 0 Å². The Morgan fingerprint density at radius 1 is 0.659 bits per heavy atom. The Morgan fingerprint density at radius 2 is 1.20 bits per heavy atom. The first-order valence-electron chi connectivity index (χ1n) is 27.2. The first-order chi connectivity index (χ1) is 38.8. The van der Waals surface area contributed by atoms with Gasteiger partial charge in [-0.1, -0.05) is 109 Å². The van der Waals surface area contributed by atoms with Gasteiger partial charge >= 0.3 is 6.09 Å². The highest BCUT2D eigenvalue weighted by molar-refractivity contribution is 5.98.